The summed E-state index contributed by atoms with van der Waals surface area (Å²) in [5.74, 6) is 2.41. The zero-order valence-electron chi connectivity index (χ0n) is 19.7. The Balaban J connectivity index is 1.62. The molecule has 4 aromatic rings. The number of aromatic nitrogens is 3. The molecule has 33 heavy (non-hydrogen) atoms. The third-order valence-corrected chi connectivity index (χ3v) is 6.40. The van der Waals surface area contributed by atoms with E-state index in [1.165, 1.54) is 16.8 Å². The van der Waals surface area contributed by atoms with Gasteiger partial charge in [-0.1, -0.05) is 29.8 Å². The summed E-state index contributed by atoms with van der Waals surface area (Å²) < 4.78 is 13.0. The third-order valence-electron chi connectivity index (χ3n) is 6.16. The van der Waals surface area contributed by atoms with Crippen molar-refractivity contribution in [1.29, 1.82) is 0 Å². The van der Waals surface area contributed by atoms with Crippen LogP contribution in [0.15, 0.2) is 48.8 Å². The van der Waals surface area contributed by atoms with Crippen LogP contribution in [-0.2, 0) is 13.0 Å². The van der Waals surface area contributed by atoms with Crippen molar-refractivity contribution in [3.63, 3.8) is 0 Å². The Hall–Kier alpha value is -3.25. The molecule has 0 bridgehead atoms. The van der Waals surface area contributed by atoms with Gasteiger partial charge in [-0.2, -0.15) is 0 Å². The first kappa shape index (κ1) is 22.9. The van der Waals surface area contributed by atoms with Crippen molar-refractivity contribution in [2.45, 2.75) is 26.8 Å². The first-order valence-electron chi connectivity index (χ1n) is 10.9. The fourth-order valence-corrected chi connectivity index (χ4v) is 4.40. The summed E-state index contributed by atoms with van der Waals surface area (Å²) in [6.45, 7) is 5.79. The highest BCUT2D eigenvalue weighted by Gasteiger charge is 2.19. The number of ether oxygens (including phenoxy) is 2. The number of rotatable bonds is 8. The second-order valence-electron chi connectivity index (χ2n) is 8.18. The van der Waals surface area contributed by atoms with Gasteiger partial charge >= 0.3 is 0 Å². The van der Waals surface area contributed by atoms with E-state index in [2.05, 4.69) is 52.5 Å². The van der Waals surface area contributed by atoms with Crippen molar-refractivity contribution in [3.8, 4) is 11.5 Å². The van der Waals surface area contributed by atoms with E-state index < -0.39 is 0 Å². The molecule has 2 heterocycles. The fraction of sp³-hybridized carbons (Fsp3) is 0.308. The zero-order valence-corrected chi connectivity index (χ0v) is 20.5. The van der Waals surface area contributed by atoms with Crippen LogP contribution >= 0.6 is 11.6 Å². The van der Waals surface area contributed by atoms with Crippen LogP contribution in [0, 0.1) is 13.8 Å². The maximum atomic E-state index is 6.21. The molecule has 6 nitrogen and oxygen atoms in total. The highest BCUT2D eigenvalue weighted by molar-refractivity contribution is 6.30. The molecule has 0 saturated heterocycles. The summed E-state index contributed by atoms with van der Waals surface area (Å²) in [5, 5.41) is 1.83. The van der Waals surface area contributed by atoms with Crippen molar-refractivity contribution in [1.82, 2.24) is 14.5 Å². The minimum Gasteiger partial charge on any atom is -0.493 e. The van der Waals surface area contributed by atoms with E-state index in [1.54, 1.807) is 20.5 Å². The lowest BCUT2D eigenvalue weighted by atomic mass is 10.1. The summed E-state index contributed by atoms with van der Waals surface area (Å²) in [6, 6.07) is 14.0. The van der Waals surface area contributed by atoms with Gasteiger partial charge in [0.05, 0.1) is 19.6 Å². The predicted octanol–water partition coefficient (Wildman–Crippen LogP) is 5.45. The molecule has 0 aliphatic heterocycles. The van der Waals surface area contributed by atoms with E-state index in [4.69, 9.17) is 21.1 Å². The van der Waals surface area contributed by atoms with Gasteiger partial charge in [0.1, 0.15) is 17.8 Å². The molecule has 0 radical (unpaired) electrons. The Kier molecular flexibility index (Phi) is 6.75. The normalized spacial score (nSPS) is 11.1. The zero-order chi connectivity index (χ0) is 23.5. The van der Waals surface area contributed by atoms with E-state index >= 15 is 0 Å². The highest BCUT2D eigenvalue weighted by atomic mass is 35.5. The van der Waals surface area contributed by atoms with Crippen LogP contribution in [0.2, 0.25) is 5.02 Å². The molecule has 2 aromatic heterocycles. The molecular weight excluding hydrogens is 436 g/mol. The topological polar surface area (TPSA) is 52.4 Å². The van der Waals surface area contributed by atoms with Crippen molar-refractivity contribution in [2.75, 3.05) is 32.7 Å². The predicted molar refractivity (Wildman–Crippen MR) is 134 cm³/mol. The van der Waals surface area contributed by atoms with Crippen LogP contribution in [-0.4, -0.2) is 42.3 Å². The summed E-state index contributed by atoms with van der Waals surface area (Å²) in [7, 11) is 5.38. The third kappa shape index (κ3) is 4.62. The number of likely N-dealkylation sites (N-methyl/N-ethyl adjacent to an activating group) is 1. The van der Waals surface area contributed by atoms with Crippen LogP contribution in [0.1, 0.15) is 22.4 Å². The summed E-state index contributed by atoms with van der Waals surface area (Å²) in [4.78, 5) is 11.5. The molecule has 7 heteroatoms. The second kappa shape index (κ2) is 9.71. The van der Waals surface area contributed by atoms with Gasteiger partial charge in [0.25, 0.3) is 0 Å². The van der Waals surface area contributed by atoms with E-state index in [0.717, 1.165) is 51.9 Å². The Bertz CT molecular complexity index is 1290. The molecule has 0 saturated carbocycles. The van der Waals surface area contributed by atoms with Gasteiger partial charge in [0.2, 0.25) is 0 Å². The molecule has 0 unspecified atom stereocenters. The van der Waals surface area contributed by atoms with Crippen LogP contribution in [0.4, 0.5) is 5.82 Å². The number of anilines is 1. The molecule has 0 aliphatic carbocycles. The lowest BCUT2D eigenvalue weighted by molar-refractivity contribution is 0.354. The Morgan fingerprint density at radius 1 is 0.970 bits per heavy atom. The average molecular weight is 465 g/mol. The van der Waals surface area contributed by atoms with Gasteiger partial charge < -0.3 is 18.9 Å². The van der Waals surface area contributed by atoms with Crippen molar-refractivity contribution in [2.24, 2.45) is 0 Å². The SMILES string of the molecule is COc1ccc(CCN(C)c2ncnc3c2c(C)c(C)n3Cc2cccc(Cl)c2)cc1OC. The minimum absolute atomic E-state index is 0.711. The second-order valence-corrected chi connectivity index (χ2v) is 8.62. The largest absolute Gasteiger partial charge is 0.493 e. The first-order chi connectivity index (χ1) is 15.9. The summed E-state index contributed by atoms with van der Waals surface area (Å²) in [5.41, 5.74) is 5.63. The number of benzene rings is 2. The number of halogens is 1. The van der Waals surface area contributed by atoms with Gasteiger partial charge in [-0.3, -0.25) is 0 Å². The van der Waals surface area contributed by atoms with Gasteiger partial charge in [-0.15, -0.1) is 0 Å². The number of methoxy groups -OCH3 is 2. The van der Waals surface area contributed by atoms with Crippen molar-refractivity contribution >= 4 is 28.5 Å². The molecule has 0 aliphatic rings. The lowest BCUT2D eigenvalue weighted by Crippen LogP contribution is -2.22. The number of nitrogens with zero attached hydrogens (tertiary/aromatic N) is 4. The van der Waals surface area contributed by atoms with Crippen LogP contribution in [0.25, 0.3) is 11.0 Å². The van der Waals surface area contributed by atoms with Gasteiger partial charge in [0, 0.05) is 30.9 Å². The number of hydrogen-bond acceptors (Lipinski definition) is 5. The maximum absolute atomic E-state index is 6.21. The molecule has 4 rings (SSSR count). The monoisotopic (exact) mass is 464 g/mol. The number of fused-ring (bicyclic) bond motifs is 1. The number of aryl methyl sites for hydroxylation is 1. The van der Waals surface area contributed by atoms with Gasteiger partial charge in [0.15, 0.2) is 11.5 Å². The summed E-state index contributed by atoms with van der Waals surface area (Å²) in [6.07, 6.45) is 2.50. The van der Waals surface area contributed by atoms with Crippen LogP contribution < -0.4 is 14.4 Å². The van der Waals surface area contributed by atoms with Gasteiger partial charge in [-0.05, 0) is 61.2 Å². The Morgan fingerprint density at radius 2 is 1.76 bits per heavy atom. The highest BCUT2D eigenvalue weighted by Crippen LogP contribution is 2.32. The molecule has 0 amide bonds. The molecule has 0 N–H and O–H groups in total. The van der Waals surface area contributed by atoms with Crippen LogP contribution in [0.5, 0.6) is 11.5 Å². The standard InChI is InChI=1S/C26H29ClN4O2/c1-17-18(2)31(15-20-7-6-8-21(27)13-20)26-24(17)25(28-16-29-26)30(3)12-11-19-9-10-22(32-4)23(14-19)33-5/h6-10,13-14,16H,11-12,15H2,1-5H3. The lowest BCUT2D eigenvalue weighted by Gasteiger charge is -2.19. The molecule has 0 fully saturated rings. The summed E-state index contributed by atoms with van der Waals surface area (Å²) >= 11 is 6.21. The van der Waals surface area contributed by atoms with Crippen molar-refractivity contribution in [3.05, 3.63) is 76.2 Å². The first-order valence-corrected chi connectivity index (χ1v) is 11.3. The quantitative estimate of drug-likeness (QED) is 0.347. The van der Waals surface area contributed by atoms with E-state index in [9.17, 15) is 0 Å². The van der Waals surface area contributed by atoms with E-state index in [0.29, 0.717) is 6.54 Å². The Labute approximate surface area is 199 Å². The average Bonchev–Trinajstić information content (AvgIpc) is 3.07. The maximum Gasteiger partial charge on any atom is 0.160 e. The van der Waals surface area contributed by atoms with E-state index in [1.807, 2.05) is 30.3 Å². The van der Waals surface area contributed by atoms with Crippen molar-refractivity contribution < 1.29 is 9.47 Å². The number of hydrogen-bond donors (Lipinski definition) is 0. The fourth-order valence-electron chi connectivity index (χ4n) is 4.19. The molecule has 172 valence electrons. The van der Waals surface area contributed by atoms with E-state index in [-0.39, 0.29) is 0 Å². The smallest absolute Gasteiger partial charge is 0.160 e. The molecule has 2 aromatic carbocycles. The Morgan fingerprint density at radius 3 is 2.48 bits per heavy atom. The minimum atomic E-state index is 0.711. The molecule has 0 spiro atoms. The van der Waals surface area contributed by atoms with Gasteiger partial charge in [-0.25, -0.2) is 9.97 Å². The molecular formula is C26H29ClN4O2. The molecule has 0 atom stereocenters. The van der Waals surface area contributed by atoms with Crippen LogP contribution in [0.3, 0.4) is 0 Å².